The van der Waals surface area contributed by atoms with E-state index in [1.54, 1.807) is 6.07 Å². The van der Waals surface area contributed by atoms with Crippen LogP contribution in [0.1, 0.15) is 29.2 Å². The molecule has 2 aromatic rings. The molecule has 3 rings (SSSR count). The Balaban J connectivity index is 1.85. The van der Waals surface area contributed by atoms with E-state index in [-0.39, 0.29) is 11.8 Å². The lowest BCUT2D eigenvalue weighted by molar-refractivity contribution is -0.137. The normalized spacial score (nSPS) is 18.6. The zero-order chi connectivity index (χ0) is 24.2. The number of rotatable bonds is 7. The van der Waals surface area contributed by atoms with Crippen molar-refractivity contribution in [3.05, 3.63) is 88.4 Å². The highest BCUT2D eigenvalue weighted by atomic mass is 19.4. The fourth-order valence-corrected chi connectivity index (χ4v) is 3.98. The predicted molar refractivity (Wildman–Crippen MR) is 129 cm³/mol. The van der Waals surface area contributed by atoms with Crippen LogP contribution in [-0.4, -0.2) is 26.5 Å². The summed E-state index contributed by atoms with van der Waals surface area (Å²) in [5.41, 5.74) is 3.68. The molecule has 7 heteroatoms. The smallest absolute Gasteiger partial charge is 0.373 e. The minimum Gasteiger partial charge on any atom is -0.373 e. The van der Waals surface area contributed by atoms with E-state index in [0.717, 1.165) is 34.3 Å². The van der Waals surface area contributed by atoms with E-state index in [1.165, 1.54) is 18.3 Å². The van der Waals surface area contributed by atoms with Gasteiger partial charge in [-0.3, -0.25) is 0 Å². The van der Waals surface area contributed by atoms with Gasteiger partial charge in [0.1, 0.15) is 5.82 Å². The summed E-state index contributed by atoms with van der Waals surface area (Å²) in [4.78, 5) is 6.38. The average Bonchev–Trinajstić information content (AvgIpc) is 2.78. The maximum Gasteiger partial charge on any atom is 0.416 e. The maximum absolute atomic E-state index is 13.1. The number of hydrogen-bond acceptors (Lipinski definition) is 4. The van der Waals surface area contributed by atoms with Gasteiger partial charge in [0.15, 0.2) is 0 Å². The van der Waals surface area contributed by atoms with E-state index >= 15 is 0 Å². The quantitative estimate of drug-likeness (QED) is 0.506. The Kier molecular flexibility index (Phi) is 7.41. The van der Waals surface area contributed by atoms with Gasteiger partial charge in [-0.25, -0.2) is 4.99 Å². The molecule has 0 bridgehead atoms. The summed E-state index contributed by atoms with van der Waals surface area (Å²) in [5, 5.41) is 11.0. The van der Waals surface area contributed by atoms with Crippen LogP contribution < -0.4 is 10.2 Å². The number of aliphatic imine (C=N–C) groups is 1. The van der Waals surface area contributed by atoms with Crippen LogP contribution in [0.5, 0.6) is 0 Å². The minimum atomic E-state index is -4.36. The Morgan fingerprint density at radius 1 is 1.18 bits per heavy atom. The number of benzene rings is 2. The van der Waals surface area contributed by atoms with Crippen LogP contribution >= 0.6 is 0 Å². The van der Waals surface area contributed by atoms with Gasteiger partial charge in [-0.15, -0.1) is 0 Å². The minimum absolute atomic E-state index is 0.0179. The zero-order valence-electron chi connectivity index (χ0n) is 19.2. The van der Waals surface area contributed by atoms with E-state index < -0.39 is 11.7 Å². The third-order valence-corrected chi connectivity index (χ3v) is 5.83. The number of hydrogen-bond donors (Lipinski definition) is 2. The molecule has 0 spiro atoms. The summed E-state index contributed by atoms with van der Waals surface area (Å²) >= 11 is 0. The molecular weight excluding hydrogens is 425 g/mol. The van der Waals surface area contributed by atoms with Crippen molar-refractivity contribution in [3.8, 4) is 0 Å². The summed E-state index contributed by atoms with van der Waals surface area (Å²) in [7, 11) is 3.74. The first-order valence-electron chi connectivity index (χ1n) is 10.8. The third-order valence-electron chi connectivity index (χ3n) is 5.83. The van der Waals surface area contributed by atoms with Crippen molar-refractivity contribution in [1.82, 2.24) is 5.32 Å². The molecule has 1 aliphatic rings. The van der Waals surface area contributed by atoms with Crippen molar-refractivity contribution in [3.63, 3.8) is 0 Å². The summed E-state index contributed by atoms with van der Waals surface area (Å²) in [5.74, 6) is 0.977. The van der Waals surface area contributed by atoms with Crippen molar-refractivity contribution >= 4 is 18.1 Å². The van der Waals surface area contributed by atoms with Crippen molar-refractivity contribution < 1.29 is 13.2 Å². The van der Waals surface area contributed by atoms with Crippen LogP contribution in [0.15, 0.2) is 71.1 Å². The molecule has 0 radical (unpaired) electrons. The first-order valence-corrected chi connectivity index (χ1v) is 10.8. The molecule has 0 saturated heterocycles. The van der Waals surface area contributed by atoms with Crippen LogP contribution in [0.4, 0.5) is 18.9 Å². The van der Waals surface area contributed by atoms with Crippen LogP contribution in [0, 0.1) is 24.2 Å². The molecule has 2 atom stereocenters. The van der Waals surface area contributed by atoms with Gasteiger partial charge >= 0.3 is 6.18 Å². The largest absolute Gasteiger partial charge is 0.416 e. The number of anilines is 1. The predicted octanol–water partition coefficient (Wildman–Crippen LogP) is 5.97. The Morgan fingerprint density at radius 3 is 2.55 bits per heavy atom. The molecule has 4 nitrogen and oxygen atoms in total. The first kappa shape index (κ1) is 24.3. The Morgan fingerprint density at radius 2 is 1.91 bits per heavy atom. The summed E-state index contributed by atoms with van der Waals surface area (Å²) in [6.07, 6.45) is 3.22. The molecule has 0 aliphatic carbocycles. The second-order valence-corrected chi connectivity index (χ2v) is 8.35. The van der Waals surface area contributed by atoms with E-state index in [9.17, 15) is 13.2 Å². The number of allylic oxidation sites excluding steroid dienone is 2. The van der Waals surface area contributed by atoms with Gasteiger partial charge in [0.25, 0.3) is 0 Å². The Labute approximate surface area is 193 Å². The molecule has 0 fully saturated rings. The number of alkyl halides is 3. The average molecular weight is 455 g/mol. The van der Waals surface area contributed by atoms with Gasteiger partial charge < -0.3 is 15.6 Å². The standard InChI is InChI=1S/C26H29F3N4/c1-17-8-9-20(11-19-6-5-7-22(12-19)26(27,28)29)13-24(17)33(4)16-21(14-30)23-15-32-25(31-3)10-18(23)2/h5-10,12-16,18,23,30-31H,11H2,1-4H3/b21-16+,30-14?. The third kappa shape index (κ3) is 5.92. The van der Waals surface area contributed by atoms with Crippen LogP contribution in [0.25, 0.3) is 0 Å². The monoisotopic (exact) mass is 454 g/mol. The SMILES string of the molecule is CNC1=CC(C)C(/C(C=N)=C/N(C)c2cc(Cc3cccc(C(F)(F)F)c3)ccc2C)C=N1. The maximum atomic E-state index is 13.1. The van der Waals surface area contributed by atoms with Gasteiger partial charge in [-0.2, -0.15) is 13.2 Å². The van der Waals surface area contributed by atoms with Crippen molar-refractivity contribution in [2.45, 2.75) is 26.4 Å². The highest BCUT2D eigenvalue weighted by Crippen LogP contribution is 2.31. The highest BCUT2D eigenvalue weighted by molar-refractivity contribution is 5.86. The second-order valence-electron chi connectivity index (χ2n) is 8.35. The van der Waals surface area contributed by atoms with E-state index in [0.29, 0.717) is 12.0 Å². The molecule has 0 aromatic heterocycles. The molecule has 0 saturated carbocycles. The lowest BCUT2D eigenvalue weighted by Gasteiger charge is -2.25. The highest BCUT2D eigenvalue weighted by Gasteiger charge is 2.30. The lowest BCUT2D eigenvalue weighted by atomic mass is 9.87. The van der Waals surface area contributed by atoms with Crippen LogP contribution in [0.2, 0.25) is 0 Å². The fraction of sp³-hybridized carbons (Fsp3) is 0.308. The van der Waals surface area contributed by atoms with E-state index in [4.69, 9.17) is 5.41 Å². The number of halogens is 3. The molecule has 2 aromatic carbocycles. The van der Waals surface area contributed by atoms with Gasteiger partial charge in [0.05, 0.1) is 5.56 Å². The van der Waals surface area contributed by atoms with E-state index in [2.05, 4.69) is 17.2 Å². The topological polar surface area (TPSA) is 51.5 Å². The molecule has 1 aliphatic heterocycles. The van der Waals surface area contributed by atoms with E-state index in [1.807, 2.05) is 62.6 Å². The fourth-order valence-electron chi connectivity index (χ4n) is 3.98. The van der Waals surface area contributed by atoms with Gasteiger partial charge in [-0.1, -0.05) is 37.3 Å². The Hall–Kier alpha value is -3.35. The number of aryl methyl sites for hydroxylation is 1. The van der Waals surface area contributed by atoms with Crippen LogP contribution in [0.3, 0.4) is 0 Å². The van der Waals surface area contributed by atoms with Gasteiger partial charge in [-0.05, 0) is 59.7 Å². The number of nitrogens with one attached hydrogen (secondary N) is 2. The molecule has 0 amide bonds. The first-order chi connectivity index (χ1) is 15.6. The summed E-state index contributed by atoms with van der Waals surface area (Å²) in [6.45, 7) is 4.08. The van der Waals surface area contributed by atoms with Crippen molar-refractivity contribution in [2.24, 2.45) is 16.8 Å². The van der Waals surface area contributed by atoms with Crippen molar-refractivity contribution in [2.75, 3.05) is 19.0 Å². The van der Waals surface area contributed by atoms with Gasteiger partial charge in [0, 0.05) is 44.3 Å². The molecule has 174 valence electrons. The lowest BCUT2D eigenvalue weighted by Crippen LogP contribution is -2.23. The second kappa shape index (κ2) is 10.1. The molecule has 2 N–H and O–H groups in total. The molecular formula is C26H29F3N4. The van der Waals surface area contributed by atoms with Crippen LogP contribution in [-0.2, 0) is 12.6 Å². The molecule has 1 heterocycles. The van der Waals surface area contributed by atoms with Gasteiger partial charge in [0.2, 0.25) is 0 Å². The summed E-state index contributed by atoms with van der Waals surface area (Å²) in [6, 6.07) is 11.3. The van der Waals surface area contributed by atoms with Crippen molar-refractivity contribution in [1.29, 1.82) is 5.41 Å². The molecule has 33 heavy (non-hydrogen) atoms. The summed E-state index contributed by atoms with van der Waals surface area (Å²) < 4.78 is 39.2. The number of nitrogens with zero attached hydrogens (tertiary/aromatic N) is 2. The zero-order valence-corrected chi connectivity index (χ0v) is 19.2. The Bertz CT molecular complexity index is 1100. The molecule has 2 unspecified atom stereocenters.